The largest absolute Gasteiger partial charge is 0.493 e. The van der Waals surface area contributed by atoms with Crippen LogP contribution < -0.4 is 42.0 Å². The van der Waals surface area contributed by atoms with Gasteiger partial charge in [0.25, 0.3) is 23.6 Å². The Morgan fingerprint density at radius 2 is 0.878 bits per heavy atom. The third kappa shape index (κ3) is 24.8. The number of aryl methyl sites for hydroxylation is 8. The van der Waals surface area contributed by atoms with Crippen LogP contribution in [0, 0.1) is 6.92 Å². The summed E-state index contributed by atoms with van der Waals surface area (Å²) >= 11 is 6.15. The number of halogens is 1. The summed E-state index contributed by atoms with van der Waals surface area (Å²) in [4.78, 5) is 182. The van der Waals surface area contributed by atoms with E-state index in [4.69, 9.17) is 16.3 Å². The van der Waals surface area contributed by atoms with Crippen LogP contribution in [0.5, 0.6) is 5.75 Å². The number of hydrogen-bond donors (Lipinski definition) is 7. The highest BCUT2D eigenvalue weighted by Gasteiger charge is 2.25. The van der Waals surface area contributed by atoms with Gasteiger partial charge in [-0.2, -0.15) is 0 Å². The van der Waals surface area contributed by atoms with Crippen LogP contribution in [0.4, 0.5) is 23.0 Å². The molecular formula is C83H100ClN17O14. The van der Waals surface area contributed by atoms with E-state index in [9.17, 15) is 62.3 Å². The monoisotopic (exact) mass is 1590 g/mol. The highest BCUT2D eigenvalue weighted by molar-refractivity contribution is 6.31. The second-order valence-electron chi connectivity index (χ2n) is 29.0. The zero-order chi connectivity index (χ0) is 83.3. The number of nitrogens with one attached hydrogen (secondary N) is 7. The minimum Gasteiger partial charge on any atom is -0.493 e. The Labute approximate surface area is 671 Å². The molecule has 9 rings (SSSR count). The molecule has 0 radical (unpaired) electrons. The molecule has 0 saturated heterocycles. The van der Waals surface area contributed by atoms with Gasteiger partial charge in [-0.15, -0.1) is 0 Å². The number of ether oxygens (including phenoxy) is 1. The van der Waals surface area contributed by atoms with E-state index in [0.29, 0.717) is 99.5 Å². The highest BCUT2D eigenvalue weighted by atomic mass is 35.5. The van der Waals surface area contributed by atoms with Crippen LogP contribution in [0.1, 0.15) is 195 Å². The third-order valence-electron chi connectivity index (χ3n) is 19.1. The second kappa shape index (κ2) is 40.4. The maximum atomic E-state index is 13.7. The highest BCUT2D eigenvalue weighted by Crippen LogP contribution is 2.27. The minimum absolute atomic E-state index is 0.00330. The van der Waals surface area contributed by atoms with Gasteiger partial charge in [-0.1, -0.05) is 17.7 Å². The van der Waals surface area contributed by atoms with Gasteiger partial charge in [0.1, 0.15) is 23.0 Å². The van der Waals surface area contributed by atoms with E-state index in [1.165, 1.54) is 38.4 Å². The normalized spacial score (nSPS) is 11.2. The van der Waals surface area contributed by atoms with Crippen molar-refractivity contribution in [3.05, 3.63) is 194 Å². The molecule has 0 saturated carbocycles. The fourth-order valence-corrected chi connectivity index (χ4v) is 13.4. The van der Waals surface area contributed by atoms with E-state index in [1.54, 1.807) is 147 Å². The molecule has 0 spiro atoms. The first kappa shape index (κ1) is 86.6. The molecular weight excluding hydrogens is 1490 g/mol. The first-order chi connectivity index (χ1) is 54.8. The number of amides is 7. The number of carbonyl (C=O) groups excluding carboxylic acids is 13. The molecule has 31 nitrogen and oxygen atoms in total. The van der Waals surface area contributed by atoms with E-state index in [0.717, 1.165) is 30.5 Å². The van der Waals surface area contributed by atoms with Crippen LogP contribution in [0.3, 0.4) is 0 Å². The summed E-state index contributed by atoms with van der Waals surface area (Å²) in [5, 5.41) is 19.5. The lowest BCUT2D eigenvalue weighted by molar-refractivity contribution is -0.122. The predicted molar refractivity (Wildman–Crippen MR) is 433 cm³/mol. The molecule has 115 heavy (non-hydrogen) atoms. The van der Waals surface area contributed by atoms with E-state index < -0.39 is 35.4 Å². The Kier molecular flexibility index (Phi) is 30.4. The lowest BCUT2D eigenvalue weighted by Crippen LogP contribution is -2.29. The molecule has 7 heterocycles. The average Bonchev–Trinajstić information content (AvgIpc) is 1.79. The van der Waals surface area contributed by atoms with Crippen LogP contribution in [0.25, 0.3) is 0 Å². The number of aromatic nitrogens is 9. The second-order valence-corrected chi connectivity index (χ2v) is 29.5. The molecule has 7 N–H and O–H groups in total. The molecule has 2 aromatic carbocycles. The number of imidazole rings is 2. The molecule has 7 amide bonds. The van der Waals surface area contributed by atoms with E-state index in [1.807, 2.05) is 34.1 Å². The summed E-state index contributed by atoms with van der Waals surface area (Å²) < 4.78 is 16.8. The van der Waals surface area contributed by atoms with Crippen molar-refractivity contribution in [3.63, 3.8) is 0 Å². The Balaban J connectivity index is 0.623. The van der Waals surface area contributed by atoms with Gasteiger partial charge >= 0.3 is 0 Å². The number of rotatable bonds is 44. The summed E-state index contributed by atoms with van der Waals surface area (Å²) in [7, 11) is 15.7. The fraction of sp³-hybridized carbons (Fsp3) is 0.386. The molecule has 32 heteroatoms. The molecule has 0 aliphatic heterocycles. The first-order valence-electron chi connectivity index (χ1n) is 38.0. The molecule has 608 valence electrons. The molecule has 0 atom stereocenters. The fourth-order valence-electron chi connectivity index (χ4n) is 13.3. The summed E-state index contributed by atoms with van der Waals surface area (Å²) in [5.41, 5.74) is 7.23. The van der Waals surface area contributed by atoms with Gasteiger partial charge in [0.15, 0.2) is 34.8 Å². The number of unbranched alkanes of at least 4 members (excludes halogenated alkanes) is 2. The molecule has 0 fully saturated rings. The van der Waals surface area contributed by atoms with Gasteiger partial charge in [-0.3, -0.25) is 62.3 Å². The maximum absolute atomic E-state index is 13.7. The zero-order valence-electron chi connectivity index (χ0n) is 66.8. The number of benzene rings is 2. The van der Waals surface area contributed by atoms with Gasteiger partial charge in [0.2, 0.25) is 29.4 Å². The Hall–Kier alpha value is -12.4. The van der Waals surface area contributed by atoms with Crippen molar-refractivity contribution in [2.45, 2.75) is 117 Å². The summed E-state index contributed by atoms with van der Waals surface area (Å²) in [5.74, 6) is -3.63. The SMILES string of the molecule is CCOc1ccc(CC(=O)CCCCC(=O)NCCC(=O)Nc2cc(C(=O)Nc3cn(C)c(C(=O)NCCC(=O)Nc4cn(C)c(C(=O)NCCCC(=O)Cc5cc(C(=O)Cc6cc(C(=O)Cc7cc(C(=O)Cc8cc(C(=O)CCCCN(C)C)n(C)c8)n(C)c7)n(C)c6)n(C)c5)n4)n3)n(C)c2)cc1C(=O)Nc1ccc(Cl)c(C)c1. The van der Waals surface area contributed by atoms with Crippen LogP contribution >= 0.6 is 11.6 Å². The number of ketones is 6. The van der Waals surface area contributed by atoms with E-state index >= 15 is 0 Å². The van der Waals surface area contributed by atoms with Crippen molar-refractivity contribution in [2.24, 2.45) is 49.3 Å². The minimum atomic E-state index is -0.640. The van der Waals surface area contributed by atoms with Crippen molar-refractivity contribution in [2.75, 3.05) is 68.1 Å². The van der Waals surface area contributed by atoms with Gasteiger partial charge in [0, 0.05) is 194 Å². The lowest BCUT2D eigenvalue weighted by Gasteiger charge is -2.13. The van der Waals surface area contributed by atoms with Crippen molar-refractivity contribution in [1.29, 1.82) is 0 Å². The summed E-state index contributed by atoms with van der Waals surface area (Å²) in [6.45, 7) is 4.96. The Morgan fingerprint density at radius 3 is 1.43 bits per heavy atom. The molecule has 7 aromatic heterocycles. The quantitative estimate of drug-likeness (QED) is 0.0138. The van der Waals surface area contributed by atoms with Crippen LogP contribution in [0.2, 0.25) is 5.02 Å². The zero-order valence-corrected chi connectivity index (χ0v) is 67.6. The lowest BCUT2D eigenvalue weighted by atomic mass is 10.0. The van der Waals surface area contributed by atoms with E-state index in [-0.39, 0.29) is 159 Å². The average molecular weight is 1600 g/mol. The van der Waals surface area contributed by atoms with Crippen molar-refractivity contribution in [1.82, 2.24) is 62.8 Å². The molecule has 0 aliphatic carbocycles. The van der Waals surface area contributed by atoms with Crippen molar-refractivity contribution in [3.8, 4) is 5.75 Å². The Morgan fingerprint density at radius 1 is 0.400 bits per heavy atom. The number of anilines is 4. The van der Waals surface area contributed by atoms with Crippen LogP contribution in [-0.2, 0) is 105 Å². The Bertz CT molecular complexity index is 5150. The summed E-state index contributed by atoms with van der Waals surface area (Å²) in [6.07, 6.45) is 15.3. The van der Waals surface area contributed by atoms with Gasteiger partial charge in [-0.25, -0.2) is 9.97 Å². The predicted octanol–water partition coefficient (Wildman–Crippen LogP) is 8.80. The number of nitrogens with zero attached hydrogens (tertiary/aromatic N) is 10. The van der Waals surface area contributed by atoms with Gasteiger partial charge in [0.05, 0.1) is 40.6 Å². The van der Waals surface area contributed by atoms with Gasteiger partial charge < -0.3 is 78.8 Å². The molecule has 0 unspecified atom stereocenters. The molecule has 0 bridgehead atoms. The standard InChI is InChI=1S/C83H100ClN17O14/c1-12-115-72-25-22-52(35-61(72)80(111)89-57-23-24-62(84)51(2)32-57)33-59(102)18-13-14-21-75(108)85-29-26-76(109)88-58-43-67(99(9)48-58)81(112)93-74-50-101(11)79(92-74)83(114)87-30-27-77(110)90-73-49-100(10)78(91-73)82(113)86-28-17-19-60(103)34-53-36-64(96(6)44-53)69(105)41-55-38-66(98(8)46-55)71(107)42-56-39-65(97(7)47-56)70(106)40-54-37-63(95(5)45-54)68(104)20-15-16-31-94(3)4/h22-25,32,35-39,43-50H,12-21,26-31,33-34,40-42H2,1-11H3,(H,85,108)(H,86,113)(H,87,114)(H,88,109)(H,89,111)(H,90,110)(H,93,112). The maximum Gasteiger partial charge on any atom is 0.287 e. The smallest absolute Gasteiger partial charge is 0.287 e. The van der Waals surface area contributed by atoms with E-state index in [2.05, 4.69) is 52.1 Å². The molecule has 0 aliphatic rings. The number of Topliss-reactive ketones (excluding diaryl/α,β-unsaturated/α-hetero) is 6. The van der Waals surface area contributed by atoms with Crippen LogP contribution in [0.15, 0.2) is 110 Å². The number of hydrogen-bond acceptors (Lipinski definition) is 17. The topological polar surface area (TPSA) is 379 Å². The number of carbonyl (C=O) groups is 13. The van der Waals surface area contributed by atoms with Crippen LogP contribution in [-0.4, -0.2) is 170 Å². The summed E-state index contributed by atoms with van der Waals surface area (Å²) in [6, 6.07) is 18.5. The molecule has 9 aromatic rings. The van der Waals surface area contributed by atoms with Gasteiger partial charge in [-0.05, 0) is 161 Å². The van der Waals surface area contributed by atoms with Crippen molar-refractivity contribution >= 4 is 111 Å². The first-order valence-corrected chi connectivity index (χ1v) is 38.4. The van der Waals surface area contributed by atoms with Crippen molar-refractivity contribution < 1.29 is 67.1 Å². The third-order valence-corrected chi connectivity index (χ3v) is 19.5.